The number of nitrogens with one attached hydrogen (secondary N) is 2. The largest absolute Gasteiger partial charge is 0.497 e. The molecule has 0 unspecified atom stereocenters. The third-order valence-corrected chi connectivity index (χ3v) is 4.75. The van der Waals surface area contributed by atoms with E-state index in [0.717, 1.165) is 17.7 Å². The van der Waals surface area contributed by atoms with Crippen molar-refractivity contribution in [2.75, 3.05) is 37.1 Å². The Morgan fingerprint density at radius 3 is 2.43 bits per heavy atom. The molecule has 0 heterocycles. The number of benzene rings is 2. The number of amides is 2. The van der Waals surface area contributed by atoms with Gasteiger partial charge in [0.2, 0.25) is 11.8 Å². The molecule has 0 aliphatic heterocycles. The van der Waals surface area contributed by atoms with Gasteiger partial charge in [-0.3, -0.25) is 9.59 Å². The molecule has 150 valence electrons. The molecule has 0 spiro atoms. The average molecular weight is 403 g/mol. The van der Waals surface area contributed by atoms with E-state index in [4.69, 9.17) is 9.47 Å². The minimum atomic E-state index is -0.164. The highest BCUT2D eigenvalue weighted by molar-refractivity contribution is 8.00. The predicted octanol–water partition coefficient (Wildman–Crippen LogP) is 3.12. The van der Waals surface area contributed by atoms with Crippen LogP contribution in [0.3, 0.4) is 0 Å². The van der Waals surface area contributed by atoms with Crippen LogP contribution in [-0.4, -0.2) is 43.6 Å². The first-order chi connectivity index (χ1) is 13.6. The number of hydrogen-bond acceptors (Lipinski definition) is 5. The molecule has 2 aromatic carbocycles. The molecule has 6 nitrogen and oxygen atoms in total. The maximum absolute atomic E-state index is 12.1. The summed E-state index contributed by atoms with van der Waals surface area (Å²) in [7, 11) is 1.63. The molecule has 0 saturated heterocycles. The molecule has 2 aromatic rings. The van der Waals surface area contributed by atoms with E-state index in [2.05, 4.69) is 10.6 Å². The molecule has 0 atom stereocenters. The van der Waals surface area contributed by atoms with Gasteiger partial charge in [0.25, 0.3) is 0 Å². The lowest BCUT2D eigenvalue weighted by Crippen LogP contribution is -2.28. The SMILES string of the molecule is CCOc1ccccc1NC(=O)CSCC(=O)NCCc1ccc(OC)cc1. The summed E-state index contributed by atoms with van der Waals surface area (Å²) in [6, 6.07) is 15.0. The standard InChI is InChI=1S/C21H26N2O4S/c1-3-27-19-7-5-4-6-18(19)23-21(25)15-28-14-20(24)22-13-12-16-8-10-17(26-2)11-9-16/h4-11H,3,12-15H2,1-2H3,(H,22,24)(H,23,25). The lowest BCUT2D eigenvalue weighted by Gasteiger charge is -2.11. The lowest BCUT2D eigenvalue weighted by molar-refractivity contribution is -0.118. The molecular weight excluding hydrogens is 376 g/mol. The minimum Gasteiger partial charge on any atom is -0.497 e. The molecule has 0 saturated carbocycles. The van der Waals surface area contributed by atoms with Gasteiger partial charge < -0.3 is 20.1 Å². The zero-order valence-corrected chi connectivity index (χ0v) is 17.0. The van der Waals surface area contributed by atoms with Gasteiger partial charge in [-0.25, -0.2) is 0 Å². The summed E-state index contributed by atoms with van der Waals surface area (Å²) in [5.74, 6) is 1.64. The summed E-state index contributed by atoms with van der Waals surface area (Å²) in [6.45, 7) is 2.97. The van der Waals surface area contributed by atoms with Gasteiger partial charge in [-0.05, 0) is 43.2 Å². The average Bonchev–Trinajstić information content (AvgIpc) is 2.70. The fourth-order valence-electron chi connectivity index (χ4n) is 2.46. The number of thioether (sulfide) groups is 1. The Hall–Kier alpha value is -2.67. The monoisotopic (exact) mass is 402 g/mol. The number of anilines is 1. The first kappa shape index (κ1) is 21.6. The second-order valence-electron chi connectivity index (χ2n) is 5.92. The summed E-state index contributed by atoms with van der Waals surface area (Å²) in [5, 5.41) is 5.68. The Kier molecular flexibility index (Phi) is 9.21. The quantitative estimate of drug-likeness (QED) is 0.604. The van der Waals surface area contributed by atoms with E-state index in [-0.39, 0.29) is 23.3 Å². The number of hydrogen-bond donors (Lipinski definition) is 2. The van der Waals surface area contributed by atoms with E-state index < -0.39 is 0 Å². The van der Waals surface area contributed by atoms with Gasteiger partial charge in [0.15, 0.2) is 0 Å². The molecule has 0 aromatic heterocycles. The fourth-order valence-corrected chi connectivity index (χ4v) is 3.11. The highest BCUT2D eigenvalue weighted by Crippen LogP contribution is 2.23. The Labute approximate surface area is 170 Å². The summed E-state index contributed by atoms with van der Waals surface area (Å²) < 4.78 is 10.6. The van der Waals surface area contributed by atoms with E-state index in [1.165, 1.54) is 11.8 Å². The van der Waals surface area contributed by atoms with Gasteiger partial charge in [-0.2, -0.15) is 0 Å². The van der Waals surface area contributed by atoms with Crippen LogP contribution >= 0.6 is 11.8 Å². The first-order valence-corrected chi connectivity index (χ1v) is 10.3. The van der Waals surface area contributed by atoms with E-state index in [1.807, 2.05) is 49.4 Å². The third kappa shape index (κ3) is 7.52. The van der Waals surface area contributed by atoms with Gasteiger partial charge >= 0.3 is 0 Å². The molecule has 0 aliphatic rings. The molecule has 2 amide bonds. The van der Waals surface area contributed by atoms with Crippen LogP contribution in [0.5, 0.6) is 11.5 Å². The Morgan fingerprint density at radius 2 is 1.71 bits per heavy atom. The number of ether oxygens (including phenoxy) is 2. The van der Waals surface area contributed by atoms with Gasteiger partial charge in [0, 0.05) is 6.54 Å². The second-order valence-corrected chi connectivity index (χ2v) is 6.90. The molecular formula is C21H26N2O4S. The summed E-state index contributed by atoms with van der Waals surface area (Å²) in [4.78, 5) is 24.0. The van der Waals surface area contributed by atoms with Crippen molar-refractivity contribution < 1.29 is 19.1 Å². The van der Waals surface area contributed by atoms with Crippen LogP contribution in [-0.2, 0) is 16.0 Å². The van der Waals surface area contributed by atoms with Crippen LogP contribution in [0, 0.1) is 0 Å². The molecule has 2 N–H and O–H groups in total. The first-order valence-electron chi connectivity index (χ1n) is 9.11. The summed E-state index contributed by atoms with van der Waals surface area (Å²) in [5.41, 5.74) is 1.76. The molecule has 0 fully saturated rings. The zero-order valence-electron chi connectivity index (χ0n) is 16.2. The summed E-state index contributed by atoms with van der Waals surface area (Å²) >= 11 is 1.28. The summed E-state index contributed by atoms with van der Waals surface area (Å²) in [6.07, 6.45) is 0.745. The van der Waals surface area contributed by atoms with E-state index in [9.17, 15) is 9.59 Å². The number of carbonyl (C=O) groups excluding carboxylic acids is 2. The van der Waals surface area contributed by atoms with Gasteiger partial charge in [-0.1, -0.05) is 24.3 Å². The van der Waals surface area contributed by atoms with Crippen LogP contribution < -0.4 is 20.1 Å². The molecule has 0 radical (unpaired) electrons. The van der Waals surface area contributed by atoms with Crippen molar-refractivity contribution in [3.8, 4) is 11.5 Å². The van der Waals surface area contributed by atoms with Crippen molar-refractivity contribution in [3.63, 3.8) is 0 Å². The third-order valence-electron chi connectivity index (χ3n) is 3.82. The smallest absolute Gasteiger partial charge is 0.234 e. The Bertz CT molecular complexity index is 765. The number of carbonyl (C=O) groups is 2. The number of methoxy groups -OCH3 is 1. The number of rotatable bonds is 11. The maximum atomic E-state index is 12.1. The fraction of sp³-hybridized carbons (Fsp3) is 0.333. The van der Waals surface area contributed by atoms with Crippen LogP contribution in [0.2, 0.25) is 0 Å². The van der Waals surface area contributed by atoms with Crippen LogP contribution in [0.25, 0.3) is 0 Å². The number of para-hydroxylation sites is 2. The van der Waals surface area contributed by atoms with Gasteiger partial charge in [0.05, 0.1) is 30.9 Å². The molecule has 2 rings (SSSR count). The van der Waals surface area contributed by atoms with Crippen molar-refractivity contribution in [2.45, 2.75) is 13.3 Å². The highest BCUT2D eigenvalue weighted by Gasteiger charge is 2.09. The van der Waals surface area contributed by atoms with Crippen LogP contribution in [0.15, 0.2) is 48.5 Å². The van der Waals surface area contributed by atoms with Crippen LogP contribution in [0.4, 0.5) is 5.69 Å². The highest BCUT2D eigenvalue weighted by atomic mass is 32.2. The second kappa shape index (κ2) is 11.9. The van der Waals surface area contributed by atoms with E-state index in [0.29, 0.717) is 24.6 Å². The van der Waals surface area contributed by atoms with E-state index >= 15 is 0 Å². The van der Waals surface area contributed by atoms with Gasteiger partial charge in [0.1, 0.15) is 11.5 Å². The predicted molar refractivity (Wildman–Crippen MR) is 113 cm³/mol. The Balaban J connectivity index is 1.64. The van der Waals surface area contributed by atoms with Crippen molar-refractivity contribution >= 4 is 29.3 Å². The normalized spacial score (nSPS) is 10.2. The molecule has 28 heavy (non-hydrogen) atoms. The van der Waals surface area contributed by atoms with Gasteiger partial charge in [-0.15, -0.1) is 11.8 Å². The van der Waals surface area contributed by atoms with Crippen molar-refractivity contribution in [1.82, 2.24) is 5.32 Å². The molecule has 0 aliphatic carbocycles. The van der Waals surface area contributed by atoms with Crippen molar-refractivity contribution in [3.05, 3.63) is 54.1 Å². The zero-order chi connectivity index (χ0) is 20.2. The lowest BCUT2D eigenvalue weighted by atomic mass is 10.1. The van der Waals surface area contributed by atoms with Crippen molar-refractivity contribution in [1.29, 1.82) is 0 Å². The maximum Gasteiger partial charge on any atom is 0.234 e. The Morgan fingerprint density at radius 1 is 1.00 bits per heavy atom. The minimum absolute atomic E-state index is 0.0824. The van der Waals surface area contributed by atoms with E-state index in [1.54, 1.807) is 13.2 Å². The van der Waals surface area contributed by atoms with Crippen molar-refractivity contribution in [2.24, 2.45) is 0 Å². The van der Waals surface area contributed by atoms with Crippen LogP contribution in [0.1, 0.15) is 12.5 Å². The topological polar surface area (TPSA) is 76.7 Å². The molecule has 0 bridgehead atoms. The molecule has 7 heteroatoms.